The third kappa shape index (κ3) is 5.71. The highest BCUT2D eigenvalue weighted by molar-refractivity contribution is 7.51. The molecule has 3 aliphatic heterocycles. The highest BCUT2D eigenvalue weighted by Gasteiger charge is 2.47. The van der Waals surface area contributed by atoms with Crippen LogP contribution in [0.2, 0.25) is 0 Å². The van der Waals surface area contributed by atoms with E-state index >= 15 is 0 Å². The molecule has 0 saturated carbocycles. The Morgan fingerprint density at radius 2 is 1.79 bits per heavy atom. The molecule has 3 N–H and O–H groups in total. The Hall–Kier alpha value is -3.25. The molecule has 3 saturated heterocycles. The summed E-state index contributed by atoms with van der Waals surface area (Å²) in [5.74, 6) is -4.97. The molecule has 43 heavy (non-hydrogen) atoms. The molecular weight excluding hydrogens is 606 g/mol. The van der Waals surface area contributed by atoms with E-state index in [1.54, 1.807) is 9.80 Å². The Balaban J connectivity index is 1.13. The highest BCUT2D eigenvalue weighted by Crippen LogP contribution is 2.53. The number of carbonyl (C=O) groups excluding carboxylic acids is 3. The van der Waals surface area contributed by atoms with Gasteiger partial charge in [-0.3, -0.25) is 18.9 Å². The number of carbonyl (C=O) groups is 3. The molecule has 2 aromatic carbocycles. The third-order valence-electron chi connectivity index (χ3n) is 8.60. The molecule has 1 aromatic heterocycles. The van der Waals surface area contributed by atoms with E-state index < -0.39 is 43.1 Å². The standard InChI is InChI=1S/C29H29F3N3O6PS/c30-18-5-7-21(31)20(12-18)17-13-34(14-17)29(38)23-8-6-19-2-1-3-22(28(37)35(19)23)33-27(36)25-11-16-10-15(4-9-24(16)43-25)26(32)42(39,40)41/h4-5,7,9-12,17,19,22-23,26H,1-3,6,8,13-14H2,(H,33,36)(H2,39,40,41)/t19-,22-,23-,26?/m0/s1. The lowest BCUT2D eigenvalue weighted by Crippen LogP contribution is -2.58. The number of fused-ring (bicyclic) bond motifs is 2. The summed E-state index contributed by atoms with van der Waals surface area (Å²) in [5, 5.41) is 3.23. The Labute approximate surface area is 248 Å². The van der Waals surface area contributed by atoms with Crippen LogP contribution in [0, 0.1) is 11.6 Å². The maximum absolute atomic E-state index is 14.2. The zero-order chi connectivity index (χ0) is 30.6. The number of hydrogen-bond donors (Lipinski definition) is 3. The van der Waals surface area contributed by atoms with Crippen LogP contribution in [0.1, 0.15) is 64.7 Å². The summed E-state index contributed by atoms with van der Waals surface area (Å²) in [6, 6.07) is 7.10. The molecule has 1 unspecified atom stereocenters. The van der Waals surface area contributed by atoms with Gasteiger partial charge in [0.25, 0.3) is 5.91 Å². The fraction of sp³-hybridized carbons (Fsp3) is 0.414. The Morgan fingerprint density at radius 3 is 2.53 bits per heavy atom. The average Bonchev–Trinajstić information content (AvgIpc) is 3.52. The van der Waals surface area contributed by atoms with Gasteiger partial charge in [-0.1, -0.05) is 6.07 Å². The van der Waals surface area contributed by atoms with Gasteiger partial charge in [-0.25, -0.2) is 13.2 Å². The predicted molar refractivity (Wildman–Crippen MR) is 152 cm³/mol. The van der Waals surface area contributed by atoms with Crippen molar-refractivity contribution < 1.29 is 41.9 Å². The lowest BCUT2D eigenvalue weighted by molar-refractivity contribution is -0.148. The molecule has 4 heterocycles. The fourth-order valence-electron chi connectivity index (χ4n) is 6.38. The van der Waals surface area contributed by atoms with E-state index in [-0.39, 0.29) is 52.9 Å². The maximum atomic E-state index is 14.2. The van der Waals surface area contributed by atoms with E-state index in [2.05, 4.69) is 5.32 Å². The third-order valence-corrected chi connectivity index (χ3v) is 10.6. The predicted octanol–water partition coefficient (Wildman–Crippen LogP) is 4.59. The molecular formula is C29H29F3N3O6PS. The zero-order valence-corrected chi connectivity index (χ0v) is 24.5. The van der Waals surface area contributed by atoms with Gasteiger partial charge in [-0.2, -0.15) is 0 Å². The van der Waals surface area contributed by atoms with Crippen LogP contribution in [0.3, 0.4) is 0 Å². The molecule has 6 rings (SSSR count). The minimum atomic E-state index is -4.99. The van der Waals surface area contributed by atoms with E-state index in [0.29, 0.717) is 42.2 Å². The first-order valence-corrected chi connectivity index (χ1v) is 16.5. The lowest BCUT2D eigenvalue weighted by atomic mass is 9.90. The van der Waals surface area contributed by atoms with Crippen molar-refractivity contribution in [3.8, 4) is 0 Å². The first-order valence-electron chi connectivity index (χ1n) is 14.0. The van der Waals surface area contributed by atoms with Gasteiger partial charge in [0.15, 0.2) is 0 Å². The van der Waals surface area contributed by atoms with Crippen molar-refractivity contribution in [2.24, 2.45) is 0 Å². The lowest BCUT2D eigenvalue weighted by Gasteiger charge is -2.42. The van der Waals surface area contributed by atoms with Gasteiger partial charge in [-0.15, -0.1) is 11.3 Å². The van der Waals surface area contributed by atoms with Crippen molar-refractivity contribution in [1.29, 1.82) is 0 Å². The molecule has 0 bridgehead atoms. The molecule has 9 nitrogen and oxygen atoms in total. The van der Waals surface area contributed by atoms with Gasteiger partial charge in [0, 0.05) is 29.7 Å². The maximum Gasteiger partial charge on any atom is 0.363 e. The Morgan fingerprint density at radius 1 is 1.02 bits per heavy atom. The second kappa shape index (κ2) is 11.4. The van der Waals surface area contributed by atoms with Crippen LogP contribution in [-0.2, 0) is 14.2 Å². The summed E-state index contributed by atoms with van der Waals surface area (Å²) in [7, 11) is -4.99. The minimum Gasteiger partial charge on any atom is -0.340 e. The number of alkyl halides is 1. The molecule has 0 aliphatic carbocycles. The molecule has 228 valence electrons. The topological polar surface area (TPSA) is 127 Å². The summed E-state index contributed by atoms with van der Waals surface area (Å²) in [4.78, 5) is 62.1. The van der Waals surface area contributed by atoms with Gasteiger partial charge in [-0.05, 0) is 85.0 Å². The number of amides is 3. The van der Waals surface area contributed by atoms with Crippen molar-refractivity contribution >= 4 is 46.7 Å². The van der Waals surface area contributed by atoms with Gasteiger partial charge >= 0.3 is 7.60 Å². The molecule has 3 aromatic rings. The van der Waals surface area contributed by atoms with Crippen LogP contribution in [0.25, 0.3) is 10.1 Å². The van der Waals surface area contributed by atoms with Crippen molar-refractivity contribution in [3.05, 3.63) is 70.1 Å². The number of rotatable bonds is 6. The summed E-state index contributed by atoms with van der Waals surface area (Å²) >= 11 is 1.10. The Kier molecular flexibility index (Phi) is 7.87. The number of thiophene rings is 1. The number of likely N-dealkylation sites (tertiary alicyclic amines) is 1. The van der Waals surface area contributed by atoms with Gasteiger partial charge in [0.05, 0.1) is 4.88 Å². The van der Waals surface area contributed by atoms with Gasteiger partial charge in [0.1, 0.15) is 23.7 Å². The first-order chi connectivity index (χ1) is 20.4. The number of hydrogen-bond acceptors (Lipinski definition) is 5. The first kappa shape index (κ1) is 29.8. The normalized spacial score (nSPS) is 23.6. The molecule has 0 radical (unpaired) electrons. The van der Waals surface area contributed by atoms with E-state index in [0.717, 1.165) is 29.5 Å². The van der Waals surface area contributed by atoms with Crippen molar-refractivity contribution in [2.45, 2.75) is 62.1 Å². The second-order valence-corrected chi connectivity index (χ2v) is 14.1. The smallest absolute Gasteiger partial charge is 0.340 e. The summed E-state index contributed by atoms with van der Waals surface area (Å²) in [6.07, 6.45) is 2.88. The van der Waals surface area contributed by atoms with Crippen LogP contribution >= 0.6 is 18.9 Å². The molecule has 14 heteroatoms. The molecule has 3 amide bonds. The monoisotopic (exact) mass is 635 g/mol. The number of halogens is 3. The van der Waals surface area contributed by atoms with Crippen LogP contribution in [-0.4, -0.2) is 68.5 Å². The average molecular weight is 636 g/mol. The van der Waals surface area contributed by atoms with Crippen LogP contribution in [0.4, 0.5) is 13.2 Å². The van der Waals surface area contributed by atoms with Crippen LogP contribution < -0.4 is 5.32 Å². The number of nitrogens with one attached hydrogen (secondary N) is 1. The van der Waals surface area contributed by atoms with E-state index in [1.807, 2.05) is 0 Å². The summed E-state index contributed by atoms with van der Waals surface area (Å²) in [6.45, 7) is 0.459. The number of benzene rings is 2. The molecule has 0 spiro atoms. The van der Waals surface area contributed by atoms with E-state index in [9.17, 15) is 32.1 Å². The minimum absolute atomic E-state index is 0.133. The van der Waals surface area contributed by atoms with Crippen molar-refractivity contribution in [2.75, 3.05) is 13.1 Å². The molecule has 3 fully saturated rings. The largest absolute Gasteiger partial charge is 0.363 e. The summed E-state index contributed by atoms with van der Waals surface area (Å²) in [5.41, 5.74) is 0.0284. The fourth-order valence-corrected chi connectivity index (χ4v) is 7.87. The molecule has 3 aliphatic rings. The zero-order valence-electron chi connectivity index (χ0n) is 22.8. The van der Waals surface area contributed by atoms with E-state index in [4.69, 9.17) is 9.79 Å². The Bertz CT molecular complexity index is 1660. The summed E-state index contributed by atoms with van der Waals surface area (Å²) < 4.78 is 54.0. The number of nitrogens with zero attached hydrogens (tertiary/aromatic N) is 2. The van der Waals surface area contributed by atoms with Crippen LogP contribution in [0.15, 0.2) is 42.5 Å². The second-order valence-electron chi connectivity index (χ2n) is 11.4. The van der Waals surface area contributed by atoms with Crippen molar-refractivity contribution in [3.63, 3.8) is 0 Å². The van der Waals surface area contributed by atoms with Gasteiger partial charge in [0.2, 0.25) is 17.7 Å². The highest BCUT2D eigenvalue weighted by atomic mass is 32.1. The quantitative estimate of drug-likeness (QED) is 0.340. The van der Waals surface area contributed by atoms with Crippen LogP contribution in [0.5, 0.6) is 0 Å². The SMILES string of the molecule is O=C(N[C@H]1CCC[C@H]2CC[C@@H](C(=O)N3CC(c4cc(F)ccc4F)C3)N2C1=O)c1cc2cc(C(F)P(=O)(O)O)ccc2s1. The van der Waals surface area contributed by atoms with E-state index in [1.165, 1.54) is 24.3 Å². The van der Waals surface area contributed by atoms with Crippen molar-refractivity contribution in [1.82, 2.24) is 15.1 Å². The molecule has 4 atom stereocenters. The van der Waals surface area contributed by atoms with Gasteiger partial charge < -0.3 is 24.9 Å².